The van der Waals surface area contributed by atoms with E-state index < -0.39 is 16.0 Å². The van der Waals surface area contributed by atoms with Crippen LogP contribution in [0.25, 0.3) is 11.1 Å². The largest absolute Gasteiger partial charge is 0.496 e. The maximum absolute atomic E-state index is 12.0. The van der Waals surface area contributed by atoms with Crippen LogP contribution in [0.3, 0.4) is 0 Å². The molecule has 0 aliphatic rings. The van der Waals surface area contributed by atoms with Crippen LogP contribution in [0.5, 0.6) is 5.75 Å². The first-order chi connectivity index (χ1) is 14.1. The van der Waals surface area contributed by atoms with Crippen molar-refractivity contribution in [2.24, 2.45) is 0 Å². The summed E-state index contributed by atoms with van der Waals surface area (Å²) in [6.45, 7) is 4.01. The van der Waals surface area contributed by atoms with Crippen LogP contribution in [0.1, 0.15) is 25.0 Å². The Morgan fingerprint density at radius 2 is 1.77 bits per heavy atom. The number of sulfonamides is 1. The van der Waals surface area contributed by atoms with Crippen LogP contribution < -0.4 is 9.46 Å². The number of anilines is 1. The molecule has 0 atom stereocenters. The third-order valence-electron chi connectivity index (χ3n) is 4.59. The van der Waals surface area contributed by atoms with E-state index in [-0.39, 0.29) is 18.9 Å². The zero-order valence-corrected chi connectivity index (χ0v) is 18.2. The van der Waals surface area contributed by atoms with E-state index in [1.807, 2.05) is 6.92 Å². The van der Waals surface area contributed by atoms with Crippen molar-refractivity contribution in [2.45, 2.75) is 26.8 Å². The normalized spacial score (nSPS) is 11.1. The van der Waals surface area contributed by atoms with Crippen molar-refractivity contribution < 1.29 is 27.9 Å². The second-order valence-electron chi connectivity index (χ2n) is 6.84. The Bertz CT molecular complexity index is 1030. The summed E-state index contributed by atoms with van der Waals surface area (Å²) in [4.78, 5) is 25.0. The Morgan fingerprint density at radius 1 is 1.13 bits per heavy atom. The van der Waals surface area contributed by atoms with Crippen LogP contribution >= 0.6 is 0 Å². The first-order valence-electron chi connectivity index (χ1n) is 9.30. The third-order valence-corrected chi connectivity index (χ3v) is 5.19. The standard InChI is InChI=1S/C21H26N2O6S/c1-5-23(14(2)24)13-18-16(12-20(25)26)8-11-19(29-3)21(18)15-6-9-17(10-7-15)22-30(4,27)28/h6-11,22H,5,12-13H2,1-4H3,(H,25,26). The molecule has 0 spiro atoms. The van der Waals surface area contributed by atoms with E-state index in [9.17, 15) is 23.1 Å². The Labute approximate surface area is 176 Å². The average molecular weight is 435 g/mol. The van der Waals surface area contributed by atoms with E-state index in [1.165, 1.54) is 14.0 Å². The van der Waals surface area contributed by atoms with Gasteiger partial charge in [0.05, 0.1) is 19.8 Å². The fourth-order valence-corrected chi connectivity index (χ4v) is 3.79. The molecule has 2 N–H and O–H groups in total. The minimum atomic E-state index is -3.41. The molecule has 0 aliphatic carbocycles. The van der Waals surface area contributed by atoms with Crippen molar-refractivity contribution >= 4 is 27.6 Å². The molecule has 0 fully saturated rings. The molecule has 0 saturated heterocycles. The molecule has 2 rings (SSSR count). The number of amides is 1. The van der Waals surface area contributed by atoms with Crippen molar-refractivity contribution in [3.05, 3.63) is 47.5 Å². The van der Waals surface area contributed by atoms with Crippen LogP contribution in [0.15, 0.2) is 36.4 Å². The second-order valence-corrected chi connectivity index (χ2v) is 8.58. The zero-order valence-electron chi connectivity index (χ0n) is 17.4. The number of carboxylic acid groups (broad SMARTS) is 1. The molecule has 0 aromatic heterocycles. The molecule has 0 aliphatic heterocycles. The van der Waals surface area contributed by atoms with E-state index in [2.05, 4.69) is 4.72 Å². The van der Waals surface area contributed by atoms with Crippen LogP contribution in [0, 0.1) is 0 Å². The molecule has 0 bridgehead atoms. The number of carboxylic acids is 1. The maximum Gasteiger partial charge on any atom is 0.307 e. The first-order valence-corrected chi connectivity index (χ1v) is 11.2. The highest BCUT2D eigenvalue weighted by atomic mass is 32.2. The lowest BCUT2D eigenvalue weighted by Gasteiger charge is -2.24. The molecule has 8 nitrogen and oxygen atoms in total. The van der Waals surface area contributed by atoms with Crippen LogP contribution in [0.4, 0.5) is 5.69 Å². The monoisotopic (exact) mass is 434 g/mol. The number of methoxy groups -OCH3 is 1. The number of benzene rings is 2. The number of nitrogens with zero attached hydrogens (tertiary/aromatic N) is 1. The van der Waals surface area contributed by atoms with Gasteiger partial charge in [-0.2, -0.15) is 0 Å². The van der Waals surface area contributed by atoms with Crippen molar-refractivity contribution in [1.82, 2.24) is 4.90 Å². The summed E-state index contributed by atoms with van der Waals surface area (Å²) in [5.74, 6) is -0.575. The molecule has 2 aromatic rings. The molecule has 0 unspecified atom stereocenters. The molecule has 0 radical (unpaired) electrons. The van der Waals surface area contributed by atoms with E-state index in [0.29, 0.717) is 40.2 Å². The SMILES string of the molecule is CCN(Cc1c(CC(=O)O)ccc(OC)c1-c1ccc(NS(C)(=O)=O)cc1)C(C)=O. The number of carbonyl (C=O) groups is 2. The molecule has 30 heavy (non-hydrogen) atoms. The Morgan fingerprint density at radius 3 is 2.23 bits per heavy atom. The van der Waals surface area contributed by atoms with E-state index in [1.54, 1.807) is 41.3 Å². The molecule has 1 amide bonds. The maximum atomic E-state index is 12.0. The minimum Gasteiger partial charge on any atom is -0.496 e. The molecule has 2 aromatic carbocycles. The highest BCUT2D eigenvalue weighted by Gasteiger charge is 2.20. The fraction of sp³-hybridized carbons (Fsp3) is 0.333. The van der Waals surface area contributed by atoms with Gasteiger partial charge in [0.1, 0.15) is 5.75 Å². The minimum absolute atomic E-state index is 0.125. The average Bonchev–Trinajstić information content (AvgIpc) is 2.65. The zero-order chi connectivity index (χ0) is 22.5. The van der Waals surface area contributed by atoms with Gasteiger partial charge < -0.3 is 14.7 Å². The number of rotatable bonds is 9. The van der Waals surface area contributed by atoms with Gasteiger partial charge in [-0.05, 0) is 41.8 Å². The van der Waals surface area contributed by atoms with Crippen molar-refractivity contribution in [3.8, 4) is 16.9 Å². The predicted octanol–water partition coefficient (Wildman–Crippen LogP) is 2.73. The van der Waals surface area contributed by atoms with E-state index in [0.717, 1.165) is 6.26 Å². The third kappa shape index (κ3) is 5.96. The number of hydrogen-bond acceptors (Lipinski definition) is 5. The fourth-order valence-electron chi connectivity index (χ4n) is 3.22. The molecule has 0 saturated carbocycles. The quantitative estimate of drug-likeness (QED) is 0.627. The molecular formula is C21H26N2O6S. The lowest BCUT2D eigenvalue weighted by Crippen LogP contribution is -2.28. The van der Waals surface area contributed by atoms with Gasteiger partial charge in [0, 0.05) is 31.3 Å². The van der Waals surface area contributed by atoms with Gasteiger partial charge in [-0.25, -0.2) is 8.42 Å². The van der Waals surface area contributed by atoms with Crippen LogP contribution in [-0.2, 0) is 32.6 Å². The van der Waals surface area contributed by atoms with Gasteiger partial charge in [-0.15, -0.1) is 0 Å². The number of hydrogen-bond donors (Lipinski definition) is 2. The topological polar surface area (TPSA) is 113 Å². The van der Waals surface area contributed by atoms with Crippen molar-refractivity contribution in [3.63, 3.8) is 0 Å². The van der Waals surface area contributed by atoms with Gasteiger partial charge in [0.2, 0.25) is 15.9 Å². The van der Waals surface area contributed by atoms with Gasteiger partial charge in [0.25, 0.3) is 0 Å². The smallest absolute Gasteiger partial charge is 0.307 e. The van der Waals surface area contributed by atoms with Gasteiger partial charge in [0.15, 0.2) is 0 Å². The highest BCUT2D eigenvalue weighted by molar-refractivity contribution is 7.92. The van der Waals surface area contributed by atoms with E-state index >= 15 is 0 Å². The summed E-state index contributed by atoms with van der Waals surface area (Å²) in [7, 11) is -1.89. The predicted molar refractivity (Wildman–Crippen MR) is 115 cm³/mol. The summed E-state index contributed by atoms with van der Waals surface area (Å²) in [5.41, 5.74) is 3.05. The number of aliphatic carboxylic acids is 1. The number of nitrogens with one attached hydrogen (secondary N) is 1. The summed E-state index contributed by atoms with van der Waals surface area (Å²) in [6.07, 6.45) is 0.869. The van der Waals surface area contributed by atoms with Crippen LogP contribution in [0.2, 0.25) is 0 Å². The molecule has 9 heteroatoms. The number of carbonyl (C=O) groups excluding carboxylic acids is 1. The summed E-state index contributed by atoms with van der Waals surface area (Å²) >= 11 is 0. The lowest BCUT2D eigenvalue weighted by molar-refractivity contribution is -0.136. The van der Waals surface area contributed by atoms with Crippen molar-refractivity contribution in [2.75, 3.05) is 24.6 Å². The first kappa shape index (κ1) is 23.2. The Balaban J connectivity index is 2.65. The summed E-state index contributed by atoms with van der Waals surface area (Å²) < 4.78 is 30.8. The second kappa shape index (κ2) is 9.62. The molecule has 0 heterocycles. The van der Waals surface area contributed by atoms with Gasteiger partial charge in [-0.1, -0.05) is 18.2 Å². The molecule has 162 valence electrons. The number of ether oxygens (including phenoxy) is 1. The summed E-state index contributed by atoms with van der Waals surface area (Å²) in [6, 6.07) is 10.1. The Hall–Kier alpha value is -3.07. The van der Waals surface area contributed by atoms with E-state index in [4.69, 9.17) is 4.74 Å². The van der Waals surface area contributed by atoms with Crippen LogP contribution in [-0.4, -0.2) is 50.2 Å². The van der Waals surface area contributed by atoms with Gasteiger partial charge in [-0.3, -0.25) is 14.3 Å². The highest BCUT2D eigenvalue weighted by Crippen LogP contribution is 2.37. The Kier molecular flexibility index (Phi) is 7.44. The van der Waals surface area contributed by atoms with Crippen molar-refractivity contribution in [1.29, 1.82) is 0 Å². The van der Waals surface area contributed by atoms with Gasteiger partial charge >= 0.3 is 5.97 Å². The lowest BCUT2D eigenvalue weighted by atomic mass is 9.92. The molecular weight excluding hydrogens is 408 g/mol. The summed E-state index contributed by atoms with van der Waals surface area (Å²) in [5, 5.41) is 9.35.